The topological polar surface area (TPSA) is 21.3 Å². The molecule has 1 aliphatic rings. The van der Waals surface area contributed by atoms with Crippen molar-refractivity contribution in [1.29, 1.82) is 0 Å². The van der Waals surface area contributed by atoms with Gasteiger partial charge in [-0.05, 0) is 25.3 Å². The van der Waals surface area contributed by atoms with E-state index >= 15 is 0 Å². The van der Waals surface area contributed by atoms with E-state index in [2.05, 4.69) is 12.2 Å². The second kappa shape index (κ2) is 7.03. The van der Waals surface area contributed by atoms with Crippen LogP contribution in [0.25, 0.3) is 0 Å². The molecule has 0 aromatic heterocycles. The molecule has 2 nitrogen and oxygen atoms in total. The van der Waals surface area contributed by atoms with Gasteiger partial charge < -0.3 is 10.1 Å². The Hall–Kier alpha value is -0.150. The van der Waals surface area contributed by atoms with Crippen molar-refractivity contribution in [3.63, 3.8) is 0 Å². The van der Waals surface area contributed by atoms with Crippen molar-refractivity contribution < 1.29 is 4.74 Å². The third-order valence-electron chi connectivity index (χ3n) is 3.09. The molecule has 19 heavy (non-hydrogen) atoms. The van der Waals surface area contributed by atoms with Gasteiger partial charge >= 0.3 is 0 Å². The maximum absolute atomic E-state index is 6.13. The van der Waals surface area contributed by atoms with Crippen molar-refractivity contribution in [2.75, 3.05) is 6.54 Å². The summed E-state index contributed by atoms with van der Waals surface area (Å²) in [6, 6.07) is 3.98. The molecule has 0 spiro atoms. The highest BCUT2D eigenvalue weighted by atomic mass is 35.5. The second-order valence-electron chi connectivity index (χ2n) is 4.91. The molecule has 1 atom stereocenters. The van der Waals surface area contributed by atoms with E-state index in [9.17, 15) is 0 Å². The molecule has 1 aromatic rings. The van der Waals surface area contributed by atoms with Gasteiger partial charge in [-0.2, -0.15) is 0 Å². The molecule has 1 N–H and O–H groups in total. The van der Waals surface area contributed by atoms with Gasteiger partial charge in [0.05, 0.1) is 15.1 Å². The molecule has 1 aliphatic carbocycles. The van der Waals surface area contributed by atoms with Crippen LogP contribution < -0.4 is 10.1 Å². The number of ether oxygens (including phenoxy) is 1. The molecule has 106 valence electrons. The van der Waals surface area contributed by atoms with Gasteiger partial charge in [0.25, 0.3) is 0 Å². The predicted octanol–water partition coefficient (Wildman–Crippen LogP) is 4.95. The lowest BCUT2D eigenvalue weighted by Gasteiger charge is -2.20. The van der Waals surface area contributed by atoms with Gasteiger partial charge in [-0.1, -0.05) is 48.1 Å². The molecular weight excluding hydrogens is 305 g/mol. The first-order chi connectivity index (χ1) is 9.10. The summed E-state index contributed by atoms with van der Waals surface area (Å²) >= 11 is 18.0. The third kappa shape index (κ3) is 4.71. The van der Waals surface area contributed by atoms with E-state index in [-0.39, 0.29) is 6.10 Å². The monoisotopic (exact) mass is 321 g/mol. The third-order valence-corrected chi connectivity index (χ3v) is 4.11. The van der Waals surface area contributed by atoms with Gasteiger partial charge in [-0.3, -0.25) is 0 Å². The lowest BCUT2D eigenvalue weighted by atomic mass is 10.2. The smallest absolute Gasteiger partial charge is 0.139 e. The van der Waals surface area contributed by atoms with Crippen LogP contribution in [-0.4, -0.2) is 18.7 Å². The largest absolute Gasteiger partial charge is 0.487 e. The minimum absolute atomic E-state index is 0.111. The van der Waals surface area contributed by atoms with Crippen molar-refractivity contribution in [2.24, 2.45) is 0 Å². The minimum atomic E-state index is 0.111. The molecule has 0 bridgehead atoms. The Kier molecular flexibility index (Phi) is 5.64. The van der Waals surface area contributed by atoms with Crippen LogP contribution in [0.5, 0.6) is 5.75 Å². The highest BCUT2D eigenvalue weighted by Gasteiger charge is 2.22. The maximum Gasteiger partial charge on any atom is 0.139 e. The molecule has 1 unspecified atom stereocenters. The molecule has 5 heteroatoms. The summed E-state index contributed by atoms with van der Waals surface area (Å²) in [5.74, 6) is 0.604. The van der Waals surface area contributed by atoms with Crippen LogP contribution in [0, 0.1) is 0 Å². The zero-order valence-electron chi connectivity index (χ0n) is 10.9. The average molecular weight is 323 g/mol. The van der Waals surface area contributed by atoms with E-state index in [0.29, 0.717) is 26.9 Å². The summed E-state index contributed by atoms with van der Waals surface area (Å²) in [4.78, 5) is 0. The average Bonchev–Trinajstić information content (AvgIpc) is 3.17. The summed E-state index contributed by atoms with van der Waals surface area (Å²) < 4.78 is 5.96. The fourth-order valence-electron chi connectivity index (χ4n) is 1.88. The first kappa shape index (κ1) is 15.2. The summed E-state index contributed by atoms with van der Waals surface area (Å²) in [6.45, 7) is 2.99. The quantitative estimate of drug-likeness (QED) is 0.717. The van der Waals surface area contributed by atoms with Crippen molar-refractivity contribution in [3.8, 4) is 5.75 Å². The van der Waals surface area contributed by atoms with Gasteiger partial charge in [-0.25, -0.2) is 0 Å². The Balaban J connectivity index is 2.00. The van der Waals surface area contributed by atoms with Crippen molar-refractivity contribution in [2.45, 2.75) is 44.8 Å². The van der Waals surface area contributed by atoms with Crippen LogP contribution in [0.1, 0.15) is 32.6 Å². The summed E-state index contributed by atoms with van der Waals surface area (Å²) in [6.07, 6.45) is 4.70. The first-order valence-corrected chi connectivity index (χ1v) is 7.78. The zero-order valence-corrected chi connectivity index (χ0v) is 13.2. The van der Waals surface area contributed by atoms with E-state index in [1.165, 1.54) is 12.8 Å². The van der Waals surface area contributed by atoms with E-state index in [1.807, 2.05) is 0 Å². The first-order valence-electron chi connectivity index (χ1n) is 6.64. The SMILES string of the molecule is CCCC(CNC1CC1)Oc1cc(Cl)c(Cl)cc1Cl. The predicted molar refractivity (Wildman–Crippen MR) is 81.8 cm³/mol. The Morgan fingerprint density at radius 1 is 1.21 bits per heavy atom. The number of hydrogen-bond donors (Lipinski definition) is 1. The highest BCUT2D eigenvalue weighted by molar-refractivity contribution is 6.43. The molecule has 0 saturated heterocycles. The number of halogens is 3. The van der Waals surface area contributed by atoms with E-state index < -0.39 is 0 Å². The Labute approximate surface area is 129 Å². The fourth-order valence-corrected chi connectivity index (χ4v) is 2.47. The van der Waals surface area contributed by atoms with Gasteiger partial charge in [0, 0.05) is 18.7 Å². The lowest BCUT2D eigenvalue weighted by molar-refractivity contribution is 0.186. The molecule has 1 aromatic carbocycles. The van der Waals surface area contributed by atoms with Gasteiger partial charge in [0.2, 0.25) is 0 Å². The van der Waals surface area contributed by atoms with Crippen LogP contribution >= 0.6 is 34.8 Å². The molecule has 1 fully saturated rings. The van der Waals surface area contributed by atoms with Crippen LogP contribution in [0.2, 0.25) is 15.1 Å². The van der Waals surface area contributed by atoms with Crippen LogP contribution in [-0.2, 0) is 0 Å². The Morgan fingerprint density at radius 3 is 2.53 bits per heavy atom. The lowest BCUT2D eigenvalue weighted by Crippen LogP contribution is -2.32. The van der Waals surface area contributed by atoms with Crippen LogP contribution in [0.15, 0.2) is 12.1 Å². The number of hydrogen-bond acceptors (Lipinski definition) is 2. The highest BCUT2D eigenvalue weighted by Crippen LogP contribution is 2.34. The maximum atomic E-state index is 6.13. The van der Waals surface area contributed by atoms with Crippen molar-refractivity contribution in [1.82, 2.24) is 5.32 Å². The minimum Gasteiger partial charge on any atom is -0.487 e. The normalized spacial score (nSPS) is 16.4. The zero-order chi connectivity index (χ0) is 13.8. The molecule has 1 saturated carbocycles. The van der Waals surface area contributed by atoms with Crippen LogP contribution in [0.4, 0.5) is 0 Å². The number of rotatable bonds is 7. The molecule has 0 radical (unpaired) electrons. The molecule has 2 rings (SSSR count). The fraction of sp³-hybridized carbons (Fsp3) is 0.571. The molecular formula is C14H18Cl3NO. The molecule has 0 heterocycles. The Bertz CT molecular complexity index is 435. The van der Waals surface area contributed by atoms with E-state index in [4.69, 9.17) is 39.5 Å². The van der Waals surface area contributed by atoms with Crippen molar-refractivity contribution in [3.05, 3.63) is 27.2 Å². The molecule has 0 aliphatic heterocycles. The van der Waals surface area contributed by atoms with E-state index in [1.54, 1.807) is 12.1 Å². The second-order valence-corrected chi connectivity index (χ2v) is 6.13. The van der Waals surface area contributed by atoms with E-state index in [0.717, 1.165) is 19.4 Å². The Morgan fingerprint density at radius 2 is 1.89 bits per heavy atom. The van der Waals surface area contributed by atoms with Crippen molar-refractivity contribution >= 4 is 34.8 Å². The summed E-state index contributed by atoms with van der Waals surface area (Å²) in [7, 11) is 0. The molecule has 0 amide bonds. The summed E-state index contributed by atoms with van der Waals surface area (Å²) in [5.41, 5.74) is 0. The summed E-state index contributed by atoms with van der Waals surface area (Å²) in [5, 5.41) is 4.89. The standard InChI is InChI=1S/C14H18Cl3NO/c1-2-3-10(8-18-9-4-5-9)19-14-7-12(16)11(15)6-13(14)17/h6-7,9-10,18H,2-5,8H2,1H3. The van der Waals surface area contributed by atoms with Gasteiger partial charge in [0.1, 0.15) is 11.9 Å². The number of nitrogens with one attached hydrogen (secondary N) is 1. The van der Waals surface area contributed by atoms with Gasteiger partial charge in [-0.15, -0.1) is 0 Å². The van der Waals surface area contributed by atoms with Crippen LogP contribution in [0.3, 0.4) is 0 Å². The number of benzene rings is 1. The van der Waals surface area contributed by atoms with Gasteiger partial charge in [0.15, 0.2) is 0 Å².